The predicted octanol–water partition coefficient (Wildman–Crippen LogP) is 3.92. The molecule has 0 atom stereocenters. The number of benzene rings is 2. The number of rotatable bonds is 7. The number of hydrogen-bond donors (Lipinski definition) is 1. The molecule has 0 aliphatic carbocycles. The Hall–Kier alpha value is -2.80. The quantitative estimate of drug-likeness (QED) is 0.627. The van der Waals surface area contributed by atoms with Gasteiger partial charge in [-0.2, -0.15) is 0 Å². The minimum absolute atomic E-state index is 0.0754. The summed E-state index contributed by atoms with van der Waals surface area (Å²) in [7, 11) is 1.89. The number of thioether (sulfide) groups is 1. The van der Waals surface area contributed by atoms with Gasteiger partial charge in [-0.3, -0.25) is 4.79 Å². The summed E-state index contributed by atoms with van der Waals surface area (Å²) in [5, 5.41) is 12.1. The van der Waals surface area contributed by atoms with Crippen molar-refractivity contribution in [1.82, 2.24) is 14.8 Å². The summed E-state index contributed by atoms with van der Waals surface area (Å²) in [6.07, 6.45) is 0. The van der Waals surface area contributed by atoms with Crippen molar-refractivity contribution < 1.29 is 9.53 Å². The van der Waals surface area contributed by atoms with Crippen LogP contribution >= 0.6 is 11.8 Å². The largest absolute Gasteiger partial charge is 0.493 e. The lowest BCUT2D eigenvalue weighted by Crippen LogP contribution is -2.15. The Morgan fingerprint density at radius 2 is 1.89 bits per heavy atom. The number of ether oxygens (including phenoxy) is 1. The van der Waals surface area contributed by atoms with E-state index < -0.39 is 0 Å². The molecule has 0 saturated heterocycles. The van der Waals surface area contributed by atoms with Crippen LogP contribution in [0.15, 0.2) is 53.7 Å². The molecule has 1 amide bonds. The number of amides is 1. The highest BCUT2D eigenvalue weighted by Crippen LogP contribution is 2.30. The van der Waals surface area contributed by atoms with Crippen LogP contribution in [0.1, 0.15) is 12.5 Å². The molecule has 0 spiro atoms. The van der Waals surface area contributed by atoms with E-state index in [1.54, 1.807) is 0 Å². The third-order valence-electron chi connectivity index (χ3n) is 4.01. The van der Waals surface area contributed by atoms with Crippen LogP contribution in [0.3, 0.4) is 0 Å². The zero-order chi connectivity index (χ0) is 19.2. The van der Waals surface area contributed by atoms with Gasteiger partial charge in [0.05, 0.1) is 17.9 Å². The van der Waals surface area contributed by atoms with E-state index in [2.05, 4.69) is 15.5 Å². The maximum Gasteiger partial charge on any atom is 0.234 e. The van der Waals surface area contributed by atoms with Gasteiger partial charge < -0.3 is 14.6 Å². The number of carbonyl (C=O) groups excluding carboxylic acids is 1. The van der Waals surface area contributed by atoms with Gasteiger partial charge in [0.25, 0.3) is 0 Å². The van der Waals surface area contributed by atoms with E-state index in [9.17, 15) is 4.79 Å². The van der Waals surface area contributed by atoms with E-state index in [0.29, 0.717) is 17.6 Å². The molecule has 0 aliphatic rings. The maximum atomic E-state index is 12.3. The van der Waals surface area contributed by atoms with Crippen molar-refractivity contribution in [2.75, 3.05) is 17.7 Å². The molecule has 1 N–H and O–H groups in total. The summed E-state index contributed by atoms with van der Waals surface area (Å²) >= 11 is 1.35. The molecule has 0 saturated carbocycles. The smallest absolute Gasteiger partial charge is 0.234 e. The van der Waals surface area contributed by atoms with Crippen LogP contribution in [0.2, 0.25) is 0 Å². The lowest BCUT2D eigenvalue weighted by atomic mass is 10.2. The van der Waals surface area contributed by atoms with E-state index in [1.807, 2.05) is 74.0 Å². The average Bonchev–Trinajstić information content (AvgIpc) is 3.03. The van der Waals surface area contributed by atoms with Gasteiger partial charge in [0.15, 0.2) is 11.0 Å². The standard InChI is InChI=1S/C20H22N4O2S/c1-4-26-17-12-8-6-10-15(17)19-22-23-20(24(19)3)27-13-18(25)21-16-11-7-5-9-14(16)2/h5-12H,4,13H2,1-3H3,(H,21,25). The normalized spacial score (nSPS) is 10.6. The zero-order valence-electron chi connectivity index (χ0n) is 15.6. The van der Waals surface area contributed by atoms with Gasteiger partial charge in [0, 0.05) is 12.7 Å². The molecule has 1 heterocycles. The van der Waals surface area contributed by atoms with Crippen LogP contribution in [0.25, 0.3) is 11.4 Å². The molecule has 1 aromatic heterocycles. The lowest BCUT2D eigenvalue weighted by molar-refractivity contribution is -0.113. The van der Waals surface area contributed by atoms with E-state index in [4.69, 9.17) is 4.74 Å². The summed E-state index contributed by atoms with van der Waals surface area (Å²) in [6, 6.07) is 15.4. The second-order valence-corrected chi connectivity index (χ2v) is 6.89. The van der Waals surface area contributed by atoms with Gasteiger partial charge in [-0.15, -0.1) is 10.2 Å². The molecular weight excluding hydrogens is 360 g/mol. The van der Waals surface area contributed by atoms with Crippen molar-refractivity contribution in [1.29, 1.82) is 0 Å². The first-order chi connectivity index (χ1) is 13.1. The molecular formula is C20H22N4O2S. The number of nitrogens with one attached hydrogen (secondary N) is 1. The molecule has 27 heavy (non-hydrogen) atoms. The summed E-state index contributed by atoms with van der Waals surface area (Å²) in [5.74, 6) is 1.66. The van der Waals surface area contributed by atoms with E-state index in [0.717, 1.165) is 22.6 Å². The summed E-state index contributed by atoms with van der Waals surface area (Å²) in [6.45, 7) is 4.49. The van der Waals surface area contributed by atoms with E-state index >= 15 is 0 Å². The summed E-state index contributed by atoms with van der Waals surface area (Å²) < 4.78 is 7.56. The minimum Gasteiger partial charge on any atom is -0.493 e. The maximum absolute atomic E-state index is 12.3. The van der Waals surface area contributed by atoms with E-state index in [-0.39, 0.29) is 11.7 Å². The zero-order valence-corrected chi connectivity index (χ0v) is 16.4. The Bertz CT molecular complexity index is 939. The summed E-state index contributed by atoms with van der Waals surface area (Å²) in [5.41, 5.74) is 2.74. The van der Waals surface area contributed by atoms with Crippen molar-refractivity contribution >= 4 is 23.4 Å². The van der Waals surface area contributed by atoms with Crippen molar-refractivity contribution in [2.24, 2.45) is 7.05 Å². The van der Waals surface area contributed by atoms with Crippen LogP contribution in [-0.2, 0) is 11.8 Å². The molecule has 0 bridgehead atoms. The first-order valence-electron chi connectivity index (χ1n) is 8.70. The van der Waals surface area contributed by atoms with Gasteiger partial charge in [0.1, 0.15) is 5.75 Å². The molecule has 0 radical (unpaired) electrons. The molecule has 3 rings (SSSR count). The molecule has 0 fully saturated rings. The molecule has 0 aliphatic heterocycles. The fourth-order valence-corrected chi connectivity index (χ4v) is 3.35. The van der Waals surface area contributed by atoms with Crippen LogP contribution in [0.5, 0.6) is 5.75 Å². The predicted molar refractivity (Wildman–Crippen MR) is 108 cm³/mol. The van der Waals surface area contributed by atoms with E-state index in [1.165, 1.54) is 11.8 Å². The Morgan fingerprint density at radius 1 is 1.15 bits per heavy atom. The SMILES string of the molecule is CCOc1ccccc1-c1nnc(SCC(=O)Nc2ccccc2C)n1C. The Labute approximate surface area is 163 Å². The van der Waals surface area contributed by atoms with Crippen molar-refractivity contribution in [3.05, 3.63) is 54.1 Å². The van der Waals surface area contributed by atoms with Crippen LogP contribution in [0.4, 0.5) is 5.69 Å². The van der Waals surface area contributed by atoms with Gasteiger partial charge in [0.2, 0.25) is 5.91 Å². The highest BCUT2D eigenvalue weighted by molar-refractivity contribution is 7.99. The van der Waals surface area contributed by atoms with Crippen LogP contribution in [-0.4, -0.2) is 33.0 Å². The van der Waals surface area contributed by atoms with Gasteiger partial charge in [-0.1, -0.05) is 42.1 Å². The second-order valence-electron chi connectivity index (χ2n) is 5.95. The minimum atomic E-state index is -0.0754. The topological polar surface area (TPSA) is 69.0 Å². The first-order valence-corrected chi connectivity index (χ1v) is 9.68. The van der Waals surface area contributed by atoms with Crippen molar-refractivity contribution in [3.8, 4) is 17.1 Å². The lowest BCUT2D eigenvalue weighted by Gasteiger charge is -2.10. The van der Waals surface area contributed by atoms with Crippen LogP contribution in [0, 0.1) is 6.92 Å². The Morgan fingerprint density at radius 3 is 2.67 bits per heavy atom. The van der Waals surface area contributed by atoms with Gasteiger partial charge >= 0.3 is 0 Å². The van der Waals surface area contributed by atoms with Crippen LogP contribution < -0.4 is 10.1 Å². The monoisotopic (exact) mass is 382 g/mol. The number of nitrogens with zero attached hydrogens (tertiary/aromatic N) is 3. The van der Waals surface area contributed by atoms with Crippen molar-refractivity contribution in [2.45, 2.75) is 19.0 Å². The first kappa shape index (κ1) is 19.0. The number of para-hydroxylation sites is 2. The molecule has 0 unspecified atom stereocenters. The molecule has 6 nitrogen and oxygen atoms in total. The second kappa shape index (κ2) is 8.73. The third kappa shape index (κ3) is 4.49. The number of anilines is 1. The average molecular weight is 382 g/mol. The number of hydrogen-bond acceptors (Lipinski definition) is 5. The Kier molecular flexibility index (Phi) is 6.13. The third-order valence-corrected chi connectivity index (χ3v) is 5.03. The fourth-order valence-electron chi connectivity index (χ4n) is 2.64. The summed E-state index contributed by atoms with van der Waals surface area (Å²) in [4.78, 5) is 12.3. The van der Waals surface area contributed by atoms with Crippen molar-refractivity contribution in [3.63, 3.8) is 0 Å². The highest BCUT2D eigenvalue weighted by atomic mass is 32.2. The molecule has 3 aromatic rings. The molecule has 140 valence electrons. The molecule has 7 heteroatoms. The Balaban J connectivity index is 1.69. The molecule has 2 aromatic carbocycles. The number of aryl methyl sites for hydroxylation is 1. The number of carbonyl (C=O) groups is 1. The highest BCUT2D eigenvalue weighted by Gasteiger charge is 2.16. The fraction of sp³-hybridized carbons (Fsp3) is 0.250. The number of aromatic nitrogens is 3. The van der Waals surface area contributed by atoms with Gasteiger partial charge in [-0.05, 0) is 37.6 Å². The van der Waals surface area contributed by atoms with Gasteiger partial charge in [-0.25, -0.2) is 0 Å².